The van der Waals surface area contributed by atoms with Gasteiger partial charge >= 0.3 is 0 Å². The number of hydrazone groups is 1. The molecule has 0 atom stereocenters. The topological polar surface area (TPSA) is 119 Å². The van der Waals surface area contributed by atoms with Gasteiger partial charge < -0.3 is 15.2 Å². The van der Waals surface area contributed by atoms with E-state index in [4.69, 9.17) is 0 Å². The van der Waals surface area contributed by atoms with E-state index in [1.807, 2.05) is 24.3 Å². The molecule has 0 bridgehead atoms. The monoisotopic (exact) mass is 476 g/mol. The molecule has 0 radical (unpaired) electrons. The smallest absolute Gasteiger partial charge is 0.265 e. The molecule has 0 aliphatic rings. The highest BCUT2D eigenvalue weighted by atomic mass is 79.9. The Morgan fingerprint density at radius 1 is 1.12 bits per heavy atom. The van der Waals surface area contributed by atoms with Crippen LogP contribution in [0.2, 0.25) is 0 Å². The highest BCUT2D eigenvalue weighted by Crippen LogP contribution is 2.40. The third kappa shape index (κ3) is 2.86. The third-order valence-electron chi connectivity index (χ3n) is 3.68. The first-order valence-electron chi connectivity index (χ1n) is 7.34. The maximum Gasteiger partial charge on any atom is 0.265 e. The number of para-hydroxylation sites is 1. The number of nitrogens with zero attached hydrogens (tertiary/aromatic N) is 4. The van der Waals surface area contributed by atoms with Crippen LogP contribution in [-0.2, 0) is 0 Å². The van der Waals surface area contributed by atoms with Crippen LogP contribution in [0.3, 0.4) is 0 Å². The Kier molecular flexibility index (Phi) is 4.21. The van der Waals surface area contributed by atoms with Crippen molar-refractivity contribution in [2.24, 2.45) is 5.10 Å². The van der Waals surface area contributed by atoms with Gasteiger partial charge in [0.05, 0.1) is 15.2 Å². The number of aromatic nitrogens is 4. The van der Waals surface area contributed by atoms with E-state index in [1.54, 1.807) is 6.07 Å². The molecule has 2 aromatic carbocycles. The molecule has 4 rings (SSSR count). The van der Waals surface area contributed by atoms with Crippen LogP contribution in [0.1, 0.15) is 5.56 Å². The van der Waals surface area contributed by atoms with Crippen LogP contribution in [0, 0.1) is 0 Å². The summed E-state index contributed by atoms with van der Waals surface area (Å²) in [6.07, 6.45) is 1.45. The summed E-state index contributed by atoms with van der Waals surface area (Å²) in [6, 6.07) is 9.35. The normalized spacial score (nSPS) is 11.6. The zero-order valence-electron chi connectivity index (χ0n) is 12.9. The van der Waals surface area contributed by atoms with Crippen LogP contribution in [0.4, 0.5) is 5.95 Å². The Bertz CT molecular complexity index is 1170. The van der Waals surface area contributed by atoms with E-state index in [1.165, 1.54) is 6.21 Å². The Labute approximate surface area is 163 Å². The van der Waals surface area contributed by atoms with Gasteiger partial charge in [-0.3, -0.25) is 0 Å². The molecule has 4 aromatic rings. The molecule has 2 aromatic heterocycles. The van der Waals surface area contributed by atoms with E-state index >= 15 is 0 Å². The fourth-order valence-corrected chi connectivity index (χ4v) is 3.28. The summed E-state index contributed by atoms with van der Waals surface area (Å²) in [5.74, 6) is -0.310. The molecule has 0 aliphatic carbocycles. The Hall–Kier alpha value is -2.72. The number of anilines is 1. The number of halogens is 2. The predicted molar refractivity (Wildman–Crippen MR) is 106 cm³/mol. The molecular formula is C16H10Br2N6O2. The second kappa shape index (κ2) is 6.54. The zero-order valence-corrected chi connectivity index (χ0v) is 16.1. The van der Waals surface area contributed by atoms with Crippen molar-refractivity contribution in [2.45, 2.75) is 0 Å². The Morgan fingerprint density at radius 3 is 2.77 bits per heavy atom. The quantitative estimate of drug-likeness (QED) is 0.202. The molecule has 4 N–H and O–H groups in total. The van der Waals surface area contributed by atoms with Gasteiger partial charge in [0, 0.05) is 16.5 Å². The van der Waals surface area contributed by atoms with E-state index in [0.29, 0.717) is 25.7 Å². The van der Waals surface area contributed by atoms with Crippen LogP contribution in [0.5, 0.6) is 11.5 Å². The number of hydrogen-bond acceptors (Lipinski definition) is 7. The van der Waals surface area contributed by atoms with Crippen molar-refractivity contribution in [3.63, 3.8) is 0 Å². The number of fused-ring (bicyclic) bond motifs is 3. The number of phenols is 2. The summed E-state index contributed by atoms with van der Waals surface area (Å²) in [7, 11) is 0. The molecule has 0 aliphatic heterocycles. The molecule has 0 saturated carbocycles. The second-order valence-electron chi connectivity index (χ2n) is 5.33. The van der Waals surface area contributed by atoms with E-state index < -0.39 is 0 Å². The van der Waals surface area contributed by atoms with E-state index in [9.17, 15) is 10.2 Å². The number of phenolic OH excluding ortho intramolecular Hbond substituents is 2. The highest BCUT2D eigenvalue weighted by molar-refractivity contribution is 9.11. The molecule has 0 spiro atoms. The number of benzene rings is 2. The van der Waals surface area contributed by atoms with Crippen LogP contribution in [0.25, 0.3) is 22.1 Å². The number of rotatable bonds is 3. The van der Waals surface area contributed by atoms with Gasteiger partial charge in [-0.15, -0.1) is 10.2 Å². The van der Waals surface area contributed by atoms with Gasteiger partial charge in [0.2, 0.25) is 0 Å². The van der Waals surface area contributed by atoms with Gasteiger partial charge in [-0.05, 0) is 44.0 Å². The van der Waals surface area contributed by atoms with E-state index in [2.05, 4.69) is 62.6 Å². The SMILES string of the molecule is Oc1c(Br)cc(/C=N/Nc2nnc3c(n2)[nH]c2ccccc23)c(Br)c1O. The summed E-state index contributed by atoms with van der Waals surface area (Å²) >= 11 is 6.37. The summed E-state index contributed by atoms with van der Waals surface area (Å²) in [5.41, 5.74) is 5.45. The van der Waals surface area contributed by atoms with Crippen molar-refractivity contribution in [1.82, 2.24) is 20.2 Å². The molecule has 0 unspecified atom stereocenters. The molecule has 130 valence electrons. The summed E-state index contributed by atoms with van der Waals surface area (Å²) in [6.45, 7) is 0. The highest BCUT2D eigenvalue weighted by Gasteiger charge is 2.13. The maximum atomic E-state index is 9.82. The molecule has 0 saturated heterocycles. The van der Waals surface area contributed by atoms with Gasteiger partial charge in [0.1, 0.15) is 5.52 Å². The van der Waals surface area contributed by atoms with Gasteiger partial charge in [-0.25, -0.2) is 5.43 Å². The van der Waals surface area contributed by atoms with Crippen molar-refractivity contribution < 1.29 is 10.2 Å². The van der Waals surface area contributed by atoms with Crippen molar-refractivity contribution >= 4 is 66.1 Å². The minimum Gasteiger partial charge on any atom is -0.503 e. The van der Waals surface area contributed by atoms with Crippen LogP contribution in [0.15, 0.2) is 44.4 Å². The average Bonchev–Trinajstić information content (AvgIpc) is 3.02. The minimum absolute atomic E-state index is 0.221. The maximum absolute atomic E-state index is 9.82. The molecule has 2 heterocycles. The first kappa shape index (κ1) is 16.7. The number of H-pyrrole nitrogens is 1. The number of hydrogen-bond donors (Lipinski definition) is 4. The zero-order chi connectivity index (χ0) is 18.3. The van der Waals surface area contributed by atoms with E-state index in [0.717, 1.165) is 10.9 Å². The van der Waals surface area contributed by atoms with Crippen molar-refractivity contribution in [3.05, 3.63) is 44.8 Å². The largest absolute Gasteiger partial charge is 0.503 e. The molecule has 0 fully saturated rings. The number of aromatic hydroxyl groups is 2. The van der Waals surface area contributed by atoms with Gasteiger partial charge in [-0.1, -0.05) is 18.2 Å². The number of nitrogens with one attached hydrogen (secondary N) is 2. The fourth-order valence-electron chi connectivity index (χ4n) is 2.44. The first-order chi connectivity index (χ1) is 12.5. The lowest BCUT2D eigenvalue weighted by molar-refractivity contribution is 0.399. The third-order valence-corrected chi connectivity index (χ3v) is 5.12. The lowest BCUT2D eigenvalue weighted by Gasteiger charge is -2.06. The van der Waals surface area contributed by atoms with Gasteiger partial charge in [0.15, 0.2) is 17.1 Å². The van der Waals surface area contributed by atoms with Crippen molar-refractivity contribution in [3.8, 4) is 11.5 Å². The van der Waals surface area contributed by atoms with E-state index in [-0.39, 0.29) is 17.4 Å². The molecule has 0 amide bonds. The summed E-state index contributed by atoms with van der Waals surface area (Å²) in [5, 5.41) is 32.7. The van der Waals surface area contributed by atoms with Crippen LogP contribution in [-0.4, -0.2) is 36.6 Å². The summed E-state index contributed by atoms with van der Waals surface area (Å²) < 4.78 is 0.658. The second-order valence-corrected chi connectivity index (χ2v) is 6.98. The minimum atomic E-state index is -0.279. The molecule has 26 heavy (non-hydrogen) atoms. The van der Waals surface area contributed by atoms with Crippen molar-refractivity contribution in [2.75, 3.05) is 5.43 Å². The molecular weight excluding hydrogens is 468 g/mol. The fraction of sp³-hybridized carbons (Fsp3) is 0. The van der Waals surface area contributed by atoms with Crippen LogP contribution >= 0.6 is 31.9 Å². The Morgan fingerprint density at radius 2 is 1.92 bits per heavy atom. The number of aromatic amines is 1. The van der Waals surface area contributed by atoms with Crippen molar-refractivity contribution in [1.29, 1.82) is 0 Å². The van der Waals surface area contributed by atoms with Crippen LogP contribution < -0.4 is 5.43 Å². The first-order valence-corrected chi connectivity index (χ1v) is 8.93. The van der Waals surface area contributed by atoms with Gasteiger partial charge in [0.25, 0.3) is 5.95 Å². The molecule has 8 nitrogen and oxygen atoms in total. The Balaban J connectivity index is 1.62. The predicted octanol–water partition coefficient (Wildman–Crippen LogP) is 3.89. The van der Waals surface area contributed by atoms with Gasteiger partial charge in [-0.2, -0.15) is 10.1 Å². The lowest BCUT2D eigenvalue weighted by Crippen LogP contribution is -1.99. The molecule has 10 heteroatoms. The standard InChI is InChI=1S/C16H10Br2N6O2/c17-9-5-7(11(18)14(26)13(9)25)6-19-23-16-21-15-12(22-24-16)8-3-1-2-4-10(8)20-15/h1-6,25-26H,(H2,20,21,23,24)/b19-6+. The lowest BCUT2D eigenvalue weighted by atomic mass is 10.2. The average molecular weight is 478 g/mol. The summed E-state index contributed by atoms with van der Waals surface area (Å²) in [4.78, 5) is 7.53.